The highest BCUT2D eigenvalue weighted by Gasteiger charge is 2.38. The van der Waals surface area contributed by atoms with Gasteiger partial charge in [0.2, 0.25) is 10.0 Å². The number of fused-ring (bicyclic) bond motifs is 1. The van der Waals surface area contributed by atoms with Crippen LogP contribution >= 0.6 is 0 Å². The lowest BCUT2D eigenvalue weighted by molar-refractivity contribution is 0.336. The molecule has 1 aliphatic rings. The number of halogens is 1. The molecule has 0 spiro atoms. The van der Waals surface area contributed by atoms with Gasteiger partial charge in [-0.2, -0.15) is 4.31 Å². The van der Waals surface area contributed by atoms with E-state index in [1.807, 2.05) is 30.3 Å². The number of nitrogens with zero attached hydrogens (tertiary/aromatic N) is 1. The van der Waals surface area contributed by atoms with Crippen molar-refractivity contribution in [2.45, 2.75) is 17.6 Å². The summed E-state index contributed by atoms with van der Waals surface area (Å²) in [6, 6.07) is 22.1. The molecule has 4 rings (SSSR count). The number of para-hydroxylation sites is 1. The summed E-state index contributed by atoms with van der Waals surface area (Å²) in [7, 11) is -3.71. The van der Waals surface area contributed by atoms with Gasteiger partial charge in [0.05, 0.1) is 5.69 Å². The Bertz CT molecular complexity index is 1020. The van der Waals surface area contributed by atoms with Crippen LogP contribution in [0, 0.1) is 5.82 Å². The highest BCUT2D eigenvalue weighted by molar-refractivity contribution is 7.89. The predicted molar refractivity (Wildman–Crippen MR) is 98.4 cm³/mol. The Morgan fingerprint density at radius 3 is 2.27 bits per heavy atom. The zero-order valence-electron chi connectivity index (χ0n) is 13.8. The molecule has 0 aromatic heterocycles. The Hall–Kier alpha value is -2.70. The Balaban J connectivity index is 1.83. The first-order valence-electron chi connectivity index (χ1n) is 8.22. The molecule has 1 heterocycles. The van der Waals surface area contributed by atoms with Crippen molar-refractivity contribution in [3.8, 4) is 0 Å². The molecule has 26 heavy (non-hydrogen) atoms. The maximum absolute atomic E-state index is 13.3. The highest BCUT2D eigenvalue weighted by Crippen LogP contribution is 2.39. The summed E-state index contributed by atoms with van der Waals surface area (Å²) in [5.74, 6) is -0.359. The minimum atomic E-state index is -3.71. The topological polar surface area (TPSA) is 49.4 Å². The second kappa shape index (κ2) is 6.55. The molecule has 0 saturated carbocycles. The molecule has 0 saturated heterocycles. The zero-order valence-corrected chi connectivity index (χ0v) is 14.7. The number of rotatable bonds is 3. The zero-order chi connectivity index (χ0) is 18.1. The van der Waals surface area contributed by atoms with Crippen molar-refractivity contribution in [3.05, 3.63) is 95.8 Å². The summed E-state index contributed by atoms with van der Waals surface area (Å²) >= 11 is 0. The van der Waals surface area contributed by atoms with Crippen LogP contribution in [0.1, 0.15) is 17.3 Å². The quantitative estimate of drug-likeness (QED) is 0.756. The van der Waals surface area contributed by atoms with Crippen molar-refractivity contribution in [1.29, 1.82) is 0 Å². The second-order valence-corrected chi connectivity index (χ2v) is 7.99. The maximum Gasteiger partial charge on any atom is 0.247 e. The Kier molecular flexibility index (Phi) is 4.22. The number of hydrogen-bond acceptors (Lipinski definition) is 3. The van der Waals surface area contributed by atoms with E-state index in [1.54, 1.807) is 36.4 Å². The smallest absolute Gasteiger partial charge is 0.247 e. The summed E-state index contributed by atoms with van der Waals surface area (Å²) in [6.07, 6.45) is -0.615. The molecule has 0 fully saturated rings. The van der Waals surface area contributed by atoms with Crippen LogP contribution in [-0.2, 0) is 16.6 Å². The predicted octanol–water partition coefficient (Wildman–Crippen LogP) is 4.14. The van der Waals surface area contributed by atoms with Crippen LogP contribution < -0.4 is 5.32 Å². The third-order valence-electron chi connectivity index (χ3n) is 4.42. The first kappa shape index (κ1) is 16.8. The molecule has 0 amide bonds. The van der Waals surface area contributed by atoms with Crippen molar-refractivity contribution in [3.63, 3.8) is 0 Å². The molecule has 1 N–H and O–H groups in total. The number of benzene rings is 3. The number of anilines is 1. The number of hydrogen-bond donors (Lipinski definition) is 1. The van der Waals surface area contributed by atoms with Crippen molar-refractivity contribution in [1.82, 2.24) is 4.31 Å². The van der Waals surface area contributed by atoms with Crippen molar-refractivity contribution >= 4 is 15.7 Å². The molecule has 0 radical (unpaired) electrons. The summed E-state index contributed by atoms with van der Waals surface area (Å²) in [5, 5.41) is 3.28. The third-order valence-corrected chi connectivity index (χ3v) is 6.29. The fourth-order valence-electron chi connectivity index (χ4n) is 3.13. The summed E-state index contributed by atoms with van der Waals surface area (Å²) in [5.41, 5.74) is 2.11. The van der Waals surface area contributed by atoms with E-state index in [-0.39, 0.29) is 17.3 Å². The van der Waals surface area contributed by atoms with E-state index in [0.717, 1.165) is 5.56 Å². The number of nitrogens with one attached hydrogen (secondary N) is 1. The molecule has 3 aromatic rings. The Morgan fingerprint density at radius 2 is 1.54 bits per heavy atom. The lowest BCUT2D eigenvalue weighted by Crippen LogP contribution is -2.42. The summed E-state index contributed by atoms with van der Waals surface area (Å²) in [4.78, 5) is 0.245. The van der Waals surface area contributed by atoms with Gasteiger partial charge in [-0.3, -0.25) is 0 Å². The van der Waals surface area contributed by atoms with E-state index in [9.17, 15) is 12.8 Å². The molecule has 4 nitrogen and oxygen atoms in total. The van der Waals surface area contributed by atoms with Crippen LogP contribution in [0.25, 0.3) is 0 Å². The Labute approximate surface area is 152 Å². The fraction of sp³-hybridized carbons (Fsp3) is 0.100. The minimum absolute atomic E-state index is 0.215. The summed E-state index contributed by atoms with van der Waals surface area (Å²) < 4.78 is 41.3. The van der Waals surface area contributed by atoms with Gasteiger partial charge in [-0.25, -0.2) is 12.8 Å². The molecule has 132 valence electrons. The monoisotopic (exact) mass is 368 g/mol. The first-order valence-corrected chi connectivity index (χ1v) is 9.66. The third kappa shape index (κ3) is 2.98. The van der Waals surface area contributed by atoms with E-state index in [0.29, 0.717) is 11.3 Å². The van der Waals surface area contributed by atoms with Gasteiger partial charge in [-0.1, -0.05) is 54.6 Å². The SMILES string of the molecule is O=S1(=O)c2ccccc2N[C@@H](c2ccc(F)cc2)N1Cc1ccccc1. The average Bonchev–Trinajstić information content (AvgIpc) is 2.66. The molecule has 0 aliphatic carbocycles. The van der Waals surface area contributed by atoms with Gasteiger partial charge in [-0.05, 0) is 35.4 Å². The normalized spacial score (nSPS) is 18.7. The Morgan fingerprint density at radius 1 is 0.885 bits per heavy atom. The van der Waals surface area contributed by atoms with Crippen molar-refractivity contribution in [2.24, 2.45) is 0 Å². The fourth-order valence-corrected chi connectivity index (χ4v) is 4.81. The van der Waals surface area contributed by atoms with Gasteiger partial charge >= 0.3 is 0 Å². The molecular formula is C20H17FN2O2S. The maximum atomic E-state index is 13.3. The highest BCUT2D eigenvalue weighted by atomic mass is 32.2. The molecule has 0 bridgehead atoms. The van der Waals surface area contributed by atoms with Gasteiger partial charge in [-0.15, -0.1) is 0 Å². The van der Waals surface area contributed by atoms with Crippen molar-refractivity contribution < 1.29 is 12.8 Å². The first-order chi connectivity index (χ1) is 12.6. The lowest BCUT2D eigenvalue weighted by atomic mass is 10.1. The molecule has 3 aromatic carbocycles. The molecule has 6 heteroatoms. The van der Waals surface area contributed by atoms with Crippen molar-refractivity contribution in [2.75, 3.05) is 5.32 Å². The van der Waals surface area contributed by atoms with Crippen LogP contribution in [-0.4, -0.2) is 12.7 Å². The van der Waals surface area contributed by atoms with E-state index in [1.165, 1.54) is 16.4 Å². The van der Waals surface area contributed by atoms with Gasteiger partial charge in [0, 0.05) is 6.54 Å². The van der Waals surface area contributed by atoms with E-state index in [4.69, 9.17) is 0 Å². The second-order valence-electron chi connectivity index (χ2n) is 6.13. The van der Waals surface area contributed by atoms with Gasteiger partial charge in [0.25, 0.3) is 0 Å². The van der Waals surface area contributed by atoms with Crippen LogP contribution in [0.4, 0.5) is 10.1 Å². The standard InChI is InChI=1S/C20H17FN2O2S/c21-17-12-10-16(11-13-17)20-22-18-8-4-5-9-19(18)26(24,25)23(20)14-15-6-2-1-3-7-15/h1-13,20,22H,14H2/t20-/m1/s1. The number of sulfonamides is 1. The van der Waals surface area contributed by atoms with E-state index in [2.05, 4.69) is 5.32 Å². The van der Waals surface area contributed by atoms with Crippen LogP contribution in [0.2, 0.25) is 0 Å². The van der Waals surface area contributed by atoms with Gasteiger partial charge in [0.15, 0.2) is 0 Å². The average molecular weight is 368 g/mol. The van der Waals surface area contributed by atoms with E-state index >= 15 is 0 Å². The molecular weight excluding hydrogens is 351 g/mol. The molecule has 1 aliphatic heterocycles. The van der Waals surface area contributed by atoms with E-state index < -0.39 is 16.2 Å². The van der Waals surface area contributed by atoms with Crippen LogP contribution in [0.5, 0.6) is 0 Å². The van der Waals surface area contributed by atoms with Crippen LogP contribution in [0.15, 0.2) is 83.8 Å². The largest absolute Gasteiger partial charge is 0.364 e. The lowest BCUT2D eigenvalue weighted by Gasteiger charge is -2.37. The van der Waals surface area contributed by atoms with Crippen LogP contribution in [0.3, 0.4) is 0 Å². The minimum Gasteiger partial charge on any atom is -0.364 e. The van der Waals surface area contributed by atoms with Gasteiger partial charge < -0.3 is 5.32 Å². The summed E-state index contributed by atoms with van der Waals surface area (Å²) in [6.45, 7) is 0.215. The molecule has 0 unspecified atom stereocenters. The molecule has 1 atom stereocenters. The van der Waals surface area contributed by atoms with Gasteiger partial charge in [0.1, 0.15) is 16.9 Å².